The zero-order valence-corrected chi connectivity index (χ0v) is 19.0. The topological polar surface area (TPSA) is 70.5 Å². The number of anilines is 1. The maximum absolute atomic E-state index is 14.2. The van der Waals surface area contributed by atoms with Gasteiger partial charge in [-0.15, -0.1) is 0 Å². The van der Waals surface area contributed by atoms with Gasteiger partial charge in [-0.3, -0.25) is 14.5 Å². The van der Waals surface area contributed by atoms with Crippen molar-refractivity contribution in [2.45, 2.75) is 19.9 Å². The Morgan fingerprint density at radius 3 is 2.44 bits per heavy atom. The minimum atomic E-state index is -1.11. The first-order valence-corrected chi connectivity index (χ1v) is 11.3. The van der Waals surface area contributed by atoms with Crippen molar-refractivity contribution in [2.75, 3.05) is 4.90 Å². The number of aryl methyl sites for hydroxylation is 2. The quantitative estimate of drug-likeness (QED) is 0.230. The van der Waals surface area contributed by atoms with Crippen LogP contribution in [0.4, 0.5) is 13.9 Å². The van der Waals surface area contributed by atoms with Crippen LogP contribution in [0.15, 0.2) is 66.2 Å². The molecule has 2 heterocycles. The zero-order chi connectivity index (χ0) is 24.1. The Bertz CT molecular complexity index is 1510. The van der Waals surface area contributed by atoms with Gasteiger partial charge in [-0.1, -0.05) is 29.5 Å². The van der Waals surface area contributed by atoms with Gasteiger partial charge in [-0.05, 0) is 73.0 Å². The van der Waals surface area contributed by atoms with Crippen LogP contribution in [0.2, 0.25) is 0 Å². The van der Waals surface area contributed by atoms with Gasteiger partial charge in [0, 0.05) is 5.56 Å². The molecule has 0 aliphatic carbocycles. The highest BCUT2D eigenvalue weighted by Gasteiger charge is 2.48. The van der Waals surface area contributed by atoms with Crippen molar-refractivity contribution < 1.29 is 23.5 Å². The molecule has 1 fully saturated rings. The van der Waals surface area contributed by atoms with E-state index in [0.717, 1.165) is 28.0 Å². The fourth-order valence-electron chi connectivity index (χ4n) is 4.25. The molecule has 0 radical (unpaired) electrons. The van der Waals surface area contributed by atoms with E-state index in [-0.39, 0.29) is 16.3 Å². The van der Waals surface area contributed by atoms with Crippen LogP contribution in [0, 0.1) is 25.5 Å². The lowest BCUT2D eigenvalue weighted by atomic mass is 9.95. The van der Waals surface area contributed by atoms with Gasteiger partial charge in [0.05, 0.1) is 21.8 Å². The second-order valence-corrected chi connectivity index (χ2v) is 9.17. The van der Waals surface area contributed by atoms with E-state index < -0.39 is 35.1 Å². The maximum Gasteiger partial charge on any atom is 0.301 e. The second kappa shape index (κ2) is 8.14. The number of hydrogen-bond donors (Lipinski definition) is 1. The predicted molar refractivity (Wildman–Crippen MR) is 127 cm³/mol. The van der Waals surface area contributed by atoms with Crippen LogP contribution in [0.1, 0.15) is 28.3 Å². The number of thiazole rings is 1. The molecular formula is C26H18F2N2O3S. The molecule has 5 nitrogen and oxygen atoms in total. The minimum absolute atomic E-state index is 0.163. The number of aromatic nitrogens is 1. The summed E-state index contributed by atoms with van der Waals surface area (Å²) in [6.45, 7) is 3.86. The van der Waals surface area contributed by atoms with Crippen molar-refractivity contribution in [3.8, 4) is 0 Å². The first-order chi connectivity index (χ1) is 16.2. The van der Waals surface area contributed by atoms with Gasteiger partial charge in [0.25, 0.3) is 5.78 Å². The molecule has 8 heteroatoms. The molecule has 1 saturated heterocycles. The van der Waals surface area contributed by atoms with Crippen LogP contribution in [-0.4, -0.2) is 21.8 Å². The number of amides is 1. The van der Waals surface area contributed by atoms with Crippen molar-refractivity contribution in [1.29, 1.82) is 0 Å². The third-order valence-corrected chi connectivity index (χ3v) is 6.75. The number of halogens is 2. The SMILES string of the molecule is Cc1cc(C)c2nc(N3C(=O)C(=O)/C(=C(/O)c4ccc(F)cc4)[C@H]3c3cccc(F)c3)sc2c1. The number of aliphatic hydroxyl groups excluding tert-OH is 1. The van der Waals surface area contributed by atoms with E-state index in [0.29, 0.717) is 11.1 Å². The maximum atomic E-state index is 14.2. The fourth-order valence-corrected chi connectivity index (χ4v) is 5.42. The monoisotopic (exact) mass is 476 g/mol. The molecule has 1 aliphatic rings. The van der Waals surface area contributed by atoms with Gasteiger partial charge in [0.2, 0.25) is 0 Å². The number of carbonyl (C=O) groups excluding carboxylic acids is 2. The number of nitrogens with zero attached hydrogens (tertiary/aromatic N) is 2. The Balaban J connectivity index is 1.75. The molecule has 4 aromatic rings. The Morgan fingerprint density at radius 2 is 1.74 bits per heavy atom. The van der Waals surface area contributed by atoms with Crippen molar-refractivity contribution in [3.05, 3.63) is 100 Å². The van der Waals surface area contributed by atoms with E-state index in [1.165, 1.54) is 46.6 Å². The van der Waals surface area contributed by atoms with Gasteiger partial charge < -0.3 is 5.11 Å². The molecule has 3 aromatic carbocycles. The lowest BCUT2D eigenvalue weighted by Crippen LogP contribution is -2.29. The number of aliphatic hydroxyl groups is 1. The molecule has 1 amide bonds. The first-order valence-electron chi connectivity index (χ1n) is 10.4. The Labute approximate surface area is 197 Å². The van der Waals surface area contributed by atoms with Crippen LogP contribution >= 0.6 is 11.3 Å². The average Bonchev–Trinajstić information content (AvgIpc) is 3.33. The third-order valence-electron chi connectivity index (χ3n) is 5.75. The summed E-state index contributed by atoms with van der Waals surface area (Å²) < 4.78 is 28.4. The Morgan fingerprint density at radius 1 is 1.00 bits per heavy atom. The van der Waals surface area contributed by atoms with Gasteiger partial charge >= 0.3 is 5.91 Å². The molecule has 170 valence electrons. The highest BCUT2D eigenvalue weighted by atomic mass is 32.1. The molecule has 1 atom stereocenters. The van der Waals surface area contributed by atoms with Crippen LogP contribution in [0.25, 0.3) is 16.0 Å². The van der Waals surface area contributed by atoms with Crippen LogP contribution in [0.3, 0.4) is 0 Å². The highest BCUT2D eigenvalue weighted by Crippen LogP contribution is 2.44. The molecule has 1 aliphatic heterocycles. The normalized spacial score (nSPS) is 17.6. The van der Waals surface area contributed by atoms with Crippen LogP contribution in [0.5, 0.6) is 0 Å². The molecule has 0 unspecified atom stereocenters. The Hall–Kier alpha value is -3.91. The van der Waals surface area contributed by atoms with Crippen molar-refractivity contribution >= 4 is 44.1 Å². The summed E-state index contributed by atoms with van der Waals surface area (Å²) in [7, 11) is 0. The Kier molecular flexibility index (Phi) is 5.25. The fraction of sp³-hybridized carbons (Fsp3) is 0.115. The summed E-state index contributed by atoms with van der Waals surface area (Å²) >= 11 is 1.24. The minimum Gasteiger partial charge on any atom is -0.507 e. The molecular weight excluding hydrogens is 458 g/mol. The lowest BCUT2D eigenvalue weighted by Gasteiger charge is -2.23. The van der Waals surface area contributed by atoms with E-state index in [1.807, 2.05) is 26.0 Å². The first kappa shape index (κ1) is 21.9. The summed E-state index contributed by atoms with van der Waals surface area (Å²) in [6.07, 6.45) is 0. The van der Waals surface area contributed by atoms with Gasteiger partial charge in [0.15, 0.2) is 5.13 Å². The summed E-state index contributed by atoms with van der Waals surface area (Å²) in [5.41, 5.74) is 2.90. The van der Waals surface area contributed by atoms with Crippen molar-refractivity contribution in [1.82, 2.24) is 4.98 Å². The standard InChI is InChI=1S/C26H18F2N2O3S/c1-13-10-14(2)21-19(11-13)34-26(29-21)30-22(16-4-3-5-18(28)12-16)20(24(32)25(30)33)23(31)15-6-8-17(27)9-7-15/h3-12,22,31H,1-2H3/b23-20+/t22-/m1/s1. The van der Waals surface area contributed by atoms with Crippen LogP contribution in [-0.2, 0) is 9.59 Å². The molecule has 1 N–H and O–H groups in total. The number of fused-ring (bicyclic) bond motifs is 1. The lowest BCUT2D eigenvalue weighted by molar-refractivity contribution is -0.132. The molecule has 0 saturated carbocycles. The van der Waals surface area contributed by atoms with E-state index in [1.54, 1.807) is 6.07 Å². The summed E-state index contributed by atoms with van der Waals surface area (Å²) in [5, 5.41) is 11.3. The molecule has 5 rings (SSSR count). The number of Topliss-reactive ketones (excluding diaryl/α,β-unsaturated/α-hetero) is 1. The number of hydrogen-bond acceptors (Lipinski definition) is 5. The summed E-state index contributed by atoms with van der Waals surface area (Å²) in [5.74, 6) is -3.35. The van der Waals surface area contributed by atoms with E-state index >= 15 is 0 Å². The zero-order valence-electron chi connectivity index (χ0n) is 18.2. The second-order valence-electron chi connectivity index (χ2n) is 8.16. The van der Waals surface area contributed by atoms with Crippen molar-refractivity contribution in [2.24, 2.45) is 0 Å². The summed E-state index contributed by atoms with van der Waals surface area (Å²) in [6, 6.07) is 13.2. The number of benzene rings is 3. The molecule has 34 heavy (non-hydrogen) atoms. The smallest absolute Gasteiger partial charge is 0.301 e. The number of rotatable bonds is 3. The van der Waals surface area contributed by atoms with E-state index in [4.69, 9.17) is 0 Å². The number of ketones is 1. The van der Waals surface area contributed by atoms with E-state index in [9.17, 15) is 23.5 Å². The van der Waals surface area contributed by atoms with E-state index in [2.05, 4.69) is 4.98 Å². The summed E-state index contributed by atoms with van der Waals surface area (Å²) in [4.78, 5) is 32.2. The molecule has 1 aromatic heterocycles. The average molecular weight is 477 g/mol. The molecule has 0 bridgehead atoms. The predicted octanol–water partition coefficient (Wildman–Crippen LogP) is 5.82. The third kappa shape index (κ3) is 3.56. The highest BCUT2D eigenvalue weighted by molar-refractivity contribution is 7.22. The number of carbonyl (C=O) groups is 2. The van der Waals surface area contributed by atoms with Crippen molar-refractivity contribution in [3.63, 3.8) is 0 Å². The van der Waals surface area contributed by atoms with Gasteiger partial charge in [-0.2, -0.15) is 0 Å². The largest absolute Gasteiger partial charge is 0.507 e. The van der Waals surface area contributed by atoms with Gasteiger partial charge in [0.1, 0.15) is 17.4 Å². The van der Waals surface area contributed by atoms with Gasteiger partial charge in [-0.25, -0.2) is 13.8 Å². The molecule has 0 spiro atoms. The van der Waals surface area contributed by atoms with Crippen LogP contribution < -0.4 is 4.90 Å².